The van der Waals surface area contributed by atoms with Gasteiger partial charge in [0, 0.05) is 43.2 Å². The number of aryl methyl sites for hydroxylation is 1. The number of carbonyl (C=O) groups excluding carboxylic acids is 1. The molecule has 1 aliphatic carbocycles. The van der Waals surface area contributed by atoms with Crippen LogP contribution in [0.2, 0.25) is 0 Å². The van der Waals surface area contributed by atoms with Crippen LogP contribution in [-0.2, 0) is 21.9 Å². The third-order valence-electron chi connectivity index (χ3n) is 5.36. The van der Waals surface area contributed by atoms with E-state index in [4.69, 9.17) is 0 Å². The first kappa shape index (κ1) is 18.4. The lowest BCUT2D eigenvalue weighted by Crippen LogP contribution is -2.45. The standard InChI is InChI=1S/C17H28N4O3S/c1-16(2,3)21-14(22)8-12(15(21)13-9-18-20(5)11-13)10-19-25(23,24)17(4)6-7-17/h9,11-12,15,19H,6-8,10H2,1-5H3/t12-,15+/m1/s1. The molecule has 2 fully saturated rings. The number of sulfonamides is 1. The van der Waals surface area contributed by atoms with E-state index in [0.29, 0.717) is 19.3 Å². The molecule has 140 valence electrons. The summed E-state index contributed by atoms with van der Waals surface area (Å²) in [5.41, 5.74) is 0.610. The van der Waals surface area contributed by atoms with Gasteiger partial charge in [-0.3, -0.25) is 9.48 Å². The molecule has 0 radical (unpaired) electrons. The van der Waals surface area contributed by atoms with Crippen LogP contribution >= 0.6 is 0 Å². The lowest BCUT2D eigenvalue weighted by atomic mass is 9.93. The molecule has 1 saturated heterocycles. The number of nitrogens with zero attached hydrogens (tertiary/aromatic N) is 3. The second kappa shape index (κ2) is 5.81. The third kappa shape index (κ3) is 3.33. The van der Waals surface area contributed by atoms with Crippen molar-refractivity contribution in [2.75, 3.05) is 6.54 Å². The van der Waals surface area contributed by atoms with Crippen LogP contribution in [0.3, 0.4) is 0 Å². The maximum Gasteiger partial charge on any atom is 0.223 e. The molecule has 1 aliphatic heterocycles. The average Bonchev–Trinajstić information content (AvgIpc) is 2.95. The largest absolute Gasteiger partial charge is 0.330 e. The van der Waals surface area contributed by atoms with E-state index in [1.165, 1.54) is 0 Å². The molecule has 0 bridgehead atoms. The van der Waals surface area contributed by atoms with Gasteiger partial charge in [-0.25, -0.2) is 13.1 Å². The summed E-state index contributed by atoms with van der Waals surface area (Å²) >= 11 is 0. The zero-order valence-corrected chi connectivity index (χ0v) is 16.4. The summed E-state index contributed by atoms with van der Waals surface area (Å²) in [5, 5.41) is 4.24. The molecule has 1 aromatic rings. The van der Waals surface area contributed by atoms with Crippen molar-refractivity contribution in [3.05, 3.63) is 18.0 Å². The number of amides is 1. The molecular weight excluding hydrogens is 340 g/mol. The van der Waals surface area contributed by atoms with E-state index in [-0.39, 0.29) is 30.0 Å². The van der Waals surface area contributed by atoms with Crippen molar-refractivity contribution in [3.8, 4) is 0 Å². The van der Waals surface area contributed by atoms with Gasteiger partial charge in [0.25, 0.3) is 0 Å². The fraction of sp³-hybridized carbons (Fsp3) is 0.765. The summed E-state index contributed by atoms with van der Waals surface area (Å²) in [6, 6.07) is -0.170. The maximum atomic E-state index is 12.7. The summed E-state index contributed by atoms with van der Waals surface area (Å²) in [6.45, 7) is 8.06. The lowest BCUT2D eigenvalue weighted by Gasteiger charge is -2.38. The van der Waals surface area contributed by atoms with Crippen LogP contribution in [0.15, 0.2) is 12.4 Å². The second-order valence-electron chi connectivity index (χ2n) is 8.59. The highest BCUT2D eigenvalue weighted by Crippen LogP contribution is 2.44. The zero-order valence-electron chi connectivity index (χ0n) is 15.6. The van der Waals surface area contributed by atoms with Crippen molar-refractivity contribution >= 4 is 15.9 Å². The fourth-order valence-electron chi connectivity index (χ4n) is 3.63. The number of nitrogens with one attached hydrogen (secondary N) is 1. The lowest BCUT2D eigenvalue weighted by molar-refractivity contribution is -0.133. The quantitative estimate of drug-likeness (QED) is 0.855. The van der Waals surface area contributed by atoms with Gasteiger partial charge in [-0.05, 0) is 40.5 Å². The summed E-state index contributed by atoms with van der Waals surface area (Å²) in [7, 11) is -1.50. The van der Waals surface area contributed by atoms with Crippen LogP contribution in [0.4, 0.5) is 0 Å². The van der Waals surface area contributed by atoms with E-state index in [0.717, 1.165) is 5.56 Å². The first-order chi connectivity index (χ1) is 11.4. The summed E-state index contributed by atoms with van der Waals surface area (Å²) in [4.78, 5) is 14.6. The van der Waals surface area contributed by atoms with Gasteiger partial charge >= 0.3 is 0 Å². The summed E-state index contributed by atoms with van der Waals surface area (Å²) < 4.78 is 28.8. The molecule has 1 aromatic heterocycles. The van der Waals surface area contributed by atoms with Gasteiger partial charge in [-0.15, -0.1) is 0 Å². The predicted molar refractivity (Wildman–Crippen MR) is 95.2 cm³/mol. The Balaban J connectivity index is 1.85. The number of carbonyl (C=O) groups is 1. The highest BCUT2D eigenvalue weighted by molar-refractivity contribution is 7.91. The van der Waals surface area contributed by atoms with E-state index in [1.54, 1.807) is 17.8 Å². The Morgan fingerprint density at radius 3 is 2.48 bits per heavy atom. The molecule has 0 aromatic carbocycles. The van der Waals surface area contributed by atoms with Crippen LogP contribution in [0.5, 0.6) is 0 Å². The SMILES string of the molecule is Cn1cc([C@@H]2[C@@H](CNS(=O)(=O)C3(C)CC3)CC(=O)N2C(C)(C)C)cn1. The molecule has 2 atom stereocenters. The van der Waals surface area contributed by atoms with Crippen molar-refractivity contribution in [3.63, 3.8) is 0 Å². The zero-order chi connectivity index (χ0) is 18.6. The molecule has 8 heteroatoms. The van der Waals surface area contributed by atoms with Gasteiger partial charge in [0.05, 0.1) is 17.0 Å². The first-order valence-corrected chi connectivity index (χ1v) is 10.2. The van der Waals surface area contributed by atoms with Crippen molar-refractivity contribution in [1.29, 1.82) is 0 Å². The number of rotatable bonds is 5. The van der Waals surface area contributed by atoms with Gasteiger partial charge in [0.15, 0.2) is 0 Å². The highest BCUT2D eigenvalue weighted by atomic mass is 32.2. The topological polar surface area (TPSA) is 84.3 Å². The van der Waals surface area contributed by atoms with Crippen molar-refractivity contribution in [2.45, 2.75) is 63.3 Å². The number of aromatic nitrogens is 2. The third-order valence-corrected chi connectivity index (χ3v) is 7.61. The van der Waals surface area contributed by atoms with E-state index >= 15 is 0 Å². The summed E-state index contributed by atoms with van der Waals surface area (Å²) in [5.74, 6) is -0.0452. The Bertz CT molecular complexity index is 774. The Labute approximate surface area is 149 Å². The van der Waals surface area contributed by atoms with Crippen LogP contribution < -0.4 is 4.72 Å². The van der Waals surface area contributed by atoms with Crippen molar-refractivity contribution < 1.29 is 13.2 Å². The number of hydrogen-bond donors (Lipinski definition) is 1. The van der Waals surface area contributed by atoms with Gasteiger partial charge in [-0.2, -0.15) is 5.10 Å². The molecular formula is C17H28N4O3S. The normalized spacial score (nSPS) is 26.3. The van der Waals surface area contributed by atoms with Gasteiger partial charge in [0.1, 0.15) is 0 Å². The molecule has 1 N–H and O–H groups in total. The molecule has 0 unspecified atom stereocenters. The van der Waals surface area contributed by atoms with Crippen molar-refractivity contribution in [2.24, 2.45) is 13.0 Å². The number of hydrogen-bond acceptors (Lipinski definition) is 4. The second-order valence-corrected chi connectivity index (χ2v) is 10.9. The molecule has 0 spiro atoms. The molecule has 2 heterocycles. The minimum Gasteiger partial charge on any atom is -0.330 e. The molecule has 1 amide bonds. The molecule has 2 aliphatic rings. The monoisotopic (exact) mass is 368 g/mol. The Hall–Kier alpha value is -1.41. The molecule has 25 heavy (non-hydrogen) atoms. The van der Waals surface area contributed by atoms with Crippen LogP contribution in [0.25, 0.3) is 0 Å². The van der Waals surface area contributed by atoms with E-state index in [9.17, 15) is 13.2 Å². The van der Waals surface area contributed by atoms with E-state index in [1.807, 2.05) is 38.9 Å². The molecule has 7 nitrogen and oxygen atoms in total. The minimum absolute atomic E-state index is 0.0585. The van der Waals surface area contributed by atoms with Crippen LogP contribution in [-0.4, -0.2) is 45.8 Å². The predicted octanol–water partition coefficient (Wildman–Crippen LogP) is 1.58. The van der Waals surface area contributed by atoms with Gasteiger partial charge in [0.2, 0.25) is 15.9 Å². The maximum absolute atomic E-state index is 12.7. The molecule has 3 rings (SSSR count). The first-order valence-electron chi connectivity index (χ1n) is 8.74. The smallest absolute Gasteiger partial charge is 0.223 e. The Morgan fingerprint density at radius 2 is 2.00 bits per heavy atom. The minimum atomic E-state index is -3.35. The fourth-order valence-corrected chi connectivity index (χ4v) is 5.05. The van der Waals surface area contributed by atoms with Gasteiger partial charge < -0.3 is 4.90 Å². The highest BCUT2D eigenvalue weighted by Gasteiger charge is 2.51. The van der Waals surface area contributed by atoms with Crippen LogP contribution in [0.1, 0.15) is 58.6 Å². The Morgan fingerprint density at radius 1 is 1.36 bits per heavy atom. The van der Waals surface area contributed by atoms with Crippen LogP contribution in [0, 0.1) is 5.92 Å². The Kier molecular flexibility index (Phi) is 4.27. The van der Waals surface area contributed by atoms with Gasteiger partial charge in [-0.1, -0.05) is 0 Å². The van der Waals surface area contributed by atoms with Crippen molar-refractivity contribution in [1.82, 2.24) is 19.4 Å². The average molecular weight is 369 g/mol. The van der Waals surface area contributed by atoms with E-state index < -0.39 is 14.8 Å². The van der Waals surface area contributed by atoms with E-state index in [2.05, 4.69) is 9.82 Å². The summed E-state index contributed by atoms with van der Waals surface area (Å²) in [6.07, 6.45) is 5.42. The molecule has 1 saturated carbocycles. The number of likely N-dealkylation sites (tertiary alicyclic amines) is 1.